The third-order valence-corrected chi connectivity index (χ3v) is 3.01. The molecule has 0 aromatic rings. The Morgan fingerprint density at radius 3 is 2.60 bits per heavy atom. The second kappa shape index (κ2) is 13.3. The standard InChI is InChI=1S/C15H30O5/c1-4-5-6-7-10-19-11-14(16)12-20-13(2)8-9-15(17)18-3/h13-14,16H,4-12H2,1-3H3. The highest BCUT2D eigenvalue weighted by Gasteiger charge is 2.10. The molecule has 0 aromatic heterocycles. The number of aliphatic hydroxyl groups is 1. The first-order chi connectivity index (χ1) is 9.60. The molecule has 0 aromatic carbocycles. The first kappa shape index (κ1) is 19.4. The number of carbonyl (C=O) groups excluding carboxylic acids is 1. The molecule has 0 radical (unpaired) electrons. The van der Waals surface area contributed by atoms with Crippen LogP contribution >= 0.6 is 0 Å². The highest BCUT2D eigenvalue weighted by molar-refractivity contribution is 5.69. The molecule has 0 spiro atoms. The van der Waals surface area contributed by atoms with Gasteiger partial charge in [0.2, 0.25) is 0 Å². The van der Waals surface area contributed by atoms with Crippen LogP contribution in [0.3, 0.4) is 0 Å². The zero-order chi connectivity index (χ0) is 15.2. The second-order valence-corrected chi connectivity index (χ2v) is 5.05. The maximum atomic E-state index is 11.0. The van der Waals surface area contributed by atoms with Crippen molar-refractivity contribution >= 4 is 5.97 Å². The lowest BCUT2D eigenvalue weighted by molar-refractivity contribution is -0.141. The summed E-state index contributed by atoms with van der Waals surface area (Å²) in [5, 5.41) is 9.68. The van der Waals surface area contributed by atoms with E-state index >= 15 is 0 Å². The van der Waals surface area contributed by atoms with Crippen LogP contribution in [0.15, 0.2) is 0 Å². The number of hydrogen-bond acceptors (Lipinski definition) is 5. The Hall–Kier alpha value is -0.650. The van der Waals surface area contributed by atoms with Gasteiger partial charge in [-0.2, -0.15) is 0 Å². The van der Waals surface area contributed by atoms with E-state index in [2.05, 4.69) is 11.7 Å². The summed E-state index contributed by atoms with van der Waals surface area (Å²) in [6.07, 6.45) is 4.89. The van der Waals surface area contributed by atoms with E-state index in [0.29, 0.717) is 26.1 Å². The SMILES string of the molecule is CCCCCCOCC(O)COC(C)CCC(=O)OC. The molecular weight excluding hydrogens is 260 g/mol. The number of methoxy groups -OCH3 is 1. The topological polar surface area (TPSA) is 65.0 Å². The maximum Gasteiger partial charge on any atom is 0.305 e. The van der Waals surface area contributed by atoms with Crippen LogP contribution in [0, 0.1) is 0 Å². The van der Waals surface area contributed by atoms with E-state index in [1.165, 1.54) is 26.4 Å². The molecule has 1 N–H and O–H groups in total. The minimum Gasteiger partial charge on any atom is -0.469 e. The summed E-state index contributed by atoms with van der Waals surface area (Å²) in [6, 6.07) is 0. The predicted molar refractivity (Wildman–Crippen MR) is 77.6 cm³/mol. The maximum absolute atomic E-state index is 11.0. The zero-order valence-corrected chi connectivity index (χ0v) is 13.1. The summed E-state index contributed by atoms with van der Waals surface area (Å²) in [4.78, 5) is 11.0. The van der Waals surface area contributed by atoms with Crippen molar-refractivity contribution in [2.75, 3.05) is 26.9 Å². The molecule has 0 aliphatic carbocycles. The number of esters is 1. The van der Waals surface area contributed by atoms with Crippen LogP contribution in [-0.4, -0.2) is 50.2 Å². The van der Waals surface area contributed by atoms with Gasteiger partial charge in [0, 0.05) is 13.0 Å². The molecule has 0 heterocycles. The largest absolute Gasteiger partial charge is 0.469 e. The van der Waals surface area contributed by atoms with Crippen molar-refractivity contribution in [3.8, 4) is 0 Å². The van der Waals surface area contributed by atoms with Gasteiger partial charge in [-0.25, -0.2) is 0 Å². The van der Waals surface area contributed by atoms with Gasteiger partial charge in [0.15, 0.2) is 0 Å². The molecule has 120 valence electrons. The van der Waals surface area contributed by atoms with Crippen LogP contribution < -0.4 is 0 Å². The van der Waals surface area contributed by atoms with Gasteiger partial charge in [-0.3, -0.25) is 4.79 Å². The summed E-state index contributed by atoms with van der Waals surface area (Å²) in [5.74, 6) is -0.239. The lowest BCUT2D eigenvalue weighted by Gasteiger charge is -2.16. The fourth-order valence-corrected chi connectivity index (χ4v) is 1.68. The van der Waals surface area contributed by atoms with Gasteiger partial charge >= 0.3 is 5.97 Å². The molecule has 20 heavy (non-hydrogen) atoms. The quantitative estimate of drug-likeness (QED) is 0.416. The number of hydrogen-bond donors (Lipinski definition) is 1. The summed E-state index contributed by atoms with van der Waals surface area (Å²) in [5.41, 5.74) is 0. The van der Waals surface area contributed by atoms with Crippen molar-refractivity contribution in [3.05, 3.63) is 0 Å². The molecule has 5 heteroatoms. The van der Waals surface area contributed by atoms with Crippen molar-refractivity contribution in [2.24, 2.45) is 0 Å². The van der Waals surface area contributed by atoms with Crippen molar-refractivity contribution in [1.29, 1.82) is 0 Å². The van der Waals surface area contributed by atoms with Crippen molar-refractivity contribution in [1.82, 2.24) is 0 Å². The van der Waals surface area contributed by atoms with Gasteiger partial charge in [0.05, 0.1) is 26.4 Å². The number of aliphatic hydroxyl groups excluding tert-OH is 1. The number of rotatable bonds is 13. The van der Waals surface area contributed by atoms with Crippen LogP contribution in [0.25, 0.3) is 0 Å². The Morgan fingerprint density at radius 1 is 1.20 bits per heavy atom. The predicted octanol–water partition coefficient (Wildman–Crippen LogP) is 2.30. The average Bonchev–Trinajstić information content (AvgIpc) is 2.46. The molecule has 5 nitrogen and oxygen atoms in total. The lowest BCUT2D eigenvalue weighted by Crippen LogP contribution is -2.25. The van der Waals surface area contributed by atoms with Crippen LogP contribution in [0.5, 0.6) is 0 Å². The molecule has 0 saturated heterocycles. The smallest absolute Gasteiger partial charge is 0.305 e. The number of carbonyl (C=O) groups is 1. The van der Waals surface area contributed by atoms with Gasteiger partial charge in [-0.1, -0.05) is 26.2 Å². The highest BCUT2D eigenvalue weighted by Crippen LogP contribution is 2.04. The molecule has 0 aliphatic heterocycles. The Morgan fingerprint density at radius 2 is 1.95 bits per heavy atom. The third-order valence-electron chi connectivity index (χ3n) is 3.01. The Labute approximate surface area is 122 Å². The Bertz CT molecular complexity index is 232. The monoisotopic (exact) mass is 290 g/mol. The van der Waals surface area contributed by atoms with Gasteiger partial charge in [0.25, 0.3) is 0 Å². The van der Waals surface area contributed by atoms with E-state index in [1.807, 2.05) is 6.92 Å². The van der Waals surface area contributed by atoms with Crippen molar-refractivity contribution in [2.45, 2.75) is 64.6 Å². The number of ether oxygens (including phenoxy) is 3. The molecule has 0 amide bonds. The van der Waals surface area contributed by atoms with E-state index in [4.69, 9.17) is 9.47 Å². The first-order valence-corrected chi connectivity index (χ1v) is 7.54. The molecule has 2 atom stereocenters. The highest BCUT2D eigenvalue weighted by atomic mass is 16.5. The van der Waals surface area contributed by atoms with Gasteiger partial charge in [-0.15, -0.1) is 0 Å². The fourth-order valence-electron chi connectivity index (χ4n) is 1.68. The molecule has 2 unspecified atom stereocenters. The van der Waals surface area contributed by atoms with E-state index in [9.17, 15) is 9.90 Å². The third kappa shape index (κ3) is 12.4. The van der Waals surface area contributed by atoms with E-state index in [1.54, 1.807) is 0 Å². The van der Waals surface area contributed by atoms with Gasteiger partial charge in [-0.05, 0) is 19.8 Å². The summed E-state index contributed by atoms with van der Waals surface area (Å²) in [6.45, 7) is 5.27. The van der Waals surface area contributed by atoms with Crippen molar-refractivity contribution < 1.29 is 24.1 Å². The van der Waals surface area contributed by atoms with Gasteiger partial charge in [0.1, 0.15) is 6.10 Å². The summed E-state index contributed by atoms with van der Waals surface area (Å²) >= 11 is 0. The normalized spacial score (nSPS) is 14.0. The van der Waals surface area contributed by atoms with Crippen LogP contribution in [0.2, 0.25) is 0 Å². The fraction of sp³-hybridized carbons (Fsp3) is 0.933. The van der Waals surface area contributed by atoms with Gasteiger partial charge < -0.3 is 19.3 Å². The van der Waals surface area contributed by atoms with E-state index in [0.717, 1.165) is 6.42 Å². The molecular formula is C15H30O5. The average molecular weight is 290 g/mol. The second-order valence-electron chi connectivity index (χ2n) is 5.05. The Kier molecular flexibility index (Phi) is 12.9. The molecule has 0 saturated carbocycles. The summed E-state index contributed by atoms with van der Waals surface area (Å²) in [7, 11) is 1.37. The minimum absolute atomic E-state index is 0.0756. The van der Waals surface area contributed by atoms with E-state index in [-0.39, 0.29) is 18.7 Å². The lowest BCUT2D eigenvalue weighted by atomic mass is 10.2. The molecule has 0 fully saturated rings. The molecule has 0 rings (SSSR count). The van der Waals surface area contributed by atoms with Crippen molar-refractivity contribution in [3.63, 3.8) is 0 Å². The molecule has 0 aliphatic rings. The van der Waals surface area contributed by atoms with Crippen LogP contribution in [0.1, 0.15) is 52.4 Å². The van der Waals surface area contributed by atoms with Crippen LogP contribution in [-0.2, 0) is 19.0 Å². The zero-order valence-electron chi connectivity index (χ0n) is 13.1. The molecule has 0 bridgehead atoms. The minimum atomic E-state index is -0.609. The first-order valence-electron chi connectivity index (χ1n) is 7.54. The summed E-state index contributed by atoms with van der Waals surface area (Å²) < 4.78 is 15.4. The van der Waals surface area contributed by atoms with Crippen LogP contribution in [0.4, 0.5) is 0 Å². The van der Waals surface area contributed by atoms with E-state index < -0.39 is 6.10 Å². The number of unbranched alkanes of at least 4 members (excludes halogenated alkanes) is 3. The Balaban J connectivity index is 3.42.